The standard InChI is InChI=1S/C29H42N4O4/c1-29(2,23-11-5-4-6-12-23)28(36)32-25(27(34)35)16-19-33(20-21-37-3)18-8-7-13-24-15-14-22-10-9-17-30-26(22)31-24/h4-6,11-12,14-15,25H,7-10,13,16-21H2,1-3H3,(H,30,31)(H,32,36)(H,34,35)/t25-/m0/s1. The molecule has 1 aliphatic rings. The molecule has 1 aromatic carbocycles. The first-order chi connectivity index (χ1) is 17.8. The normalized spacial score (nSPS) is 14.1. The maximum absolute atomic E-state index is 13.0. The predicted octanol–water partition coefficient (Wildman–Crippen LogP) is 3.65. The highest BCUT2D eigenvalue weighted by atomic mass is 16.5. The number of unbranched alkanes of at least 4 members (excludes halogenated alkanes) is 1. The van der Waals surface area contributed by atoms with E-state index >= 15 is 0 Å². The first-order valence-corrected chi connectivity index (χ1v) is 13.3. The second kappa shape index (κ2) is 14.1. The molecule has 8 heteroatoms. The van der Waals surface area contributed by atoms with Crippen LogP contribution in [0.2, 0.25) is 0 Å². The maximum atomic E-state index is 13.0. The minimum absolute atomic E-state index is 0.290. The zero-order valence-corrected chi connectivity index (χ0v) is 22.5. The lowest BCUT2D eigenvalue weighted by molar-refractivity contribution is -0.142. The van der Waals surface area contributed by atoms with E-state index in [0.717, 1.165) is 62.3 Å². The first-order valence-electron chi connectivity index (χ1n) is 13.3. The summed E-state index contributed by atoms with van der Waals surface area (Å²) in [5.74, 6) is -0.278. The van der Waals surface area contributed by atoms with E-state index in [-0.39, 0.29) is 5.91 Å². The van der Waals surface area contributed by atoms with Crippen LogP contribution in [0.1, 0.15) is 56.4 Å². The molecule has 0 unspecified atom stereocenters. The molecule has 1 amide bonds. The number of fused-ring (bicyclic) bond motifs is 1. The maximum Gasteiger partial charge on any atom is 0.326 e. The number of hydrogen-bond donors (Lipinski definition) is 3. The molecule has 1 atom stereocenters. The molecule has 0 spiro atoms. The minimum atomic E-state index is -1.02. The van der Waals surface area contributed by atoms with Crippen LogP contribution in [0.15, 0.2) is 42.5 Å². The van der Waals surface area contributed by atoms with Gasteiger partial charge in [-0.3, -0.25) is 4.79 Å². The van der Waals surface area contributed by atoms with Crippen molar-refractivity contribution in [1.29, 1.82) is 0 Å². The number of carbonyl (C=O) groups is 2. The number of carbonyl (C=O) groups excluding carboxylic acids is 1. The zero-order chi connectivity index (χ0) is 26.7. The van der Waals surface area contributed by atoms with E-state index in [4.69, 9.17) is 9.72 Å². The molecule has 0 radical (unpaired) electrons. The van der Waals surface area contributed by atoms with Gasteiger partial charge < -0.3 is 25.4 Å². The van der Waals surface area contributed by atoms with Gasteiger partial charge in [0.2, 0.25) is 5.91 Å². The Kier molecular flexibility index (Phi) is 10.9. The average Bonchev–Trinajstić information content (AvgIpc) is 2.91. The van der Waals surface area contributed by atoms with Crippen molar-refractivity contribution >= 4 is 17.7 Å². The van der Waals surface area contributed by atoms with Crippen LogP contribution in [0.3, 0.4) is 0 Å². The topological polar surface area (TPSA) is 104 Å². The molecule has 0 bridgehead atoms. The SMILES string of the molecule is COCCN(CCCCc1ccc2c(n1)NCCC2)CC[C@H](NC(=O)C(C)(C)c1ccccc1)C(=O)O. The van der Waals surface area contributed by atoms with Crippen LogP contribution < -0.4 is 10.6 Å². The summed E-state index contributed by atoms with van der Waals surface area (Å²) in [6.45, 7) is 7.30. The number of nitrogens with zero attached hydrogens (tertiary/aromatic N) is 2. The van der Waals surface area contributed by atoms with Gasteiger partial charge in [-0.05, 0) is 76.1 Å². The van der Waals surface area contributed by atoms with E-state index in [2.05, 4.69) is 27.7 Å². The number of nitrogens with one attached hydrogen (secondary N) is 2. The number of rotatable bonds is 15. The number of aliphatic carboxylic acids is 1. The van der Waals surface area contributed by atoms with Crippen molar-refractivity contribution in [2.24, 2.45) is 0 Å². The van der Waals surface area contributed by atoms with Gasteiger partial charge in [0.15, 0.2) is 0 Å². The second-order valence-corrected chi connectivity index (χ2v) is 10.3. The summed E-state index contributed by atoms with van der Waals surface area (Å²) in [5.41, 5.74) is 2.42. The van der Waals surface area contributed by atoms with Crippen molar-refractivity contribution in [2.45, 2.75) is 63.8 Å². The fourth-order valence-electron chi connectivity index (χ4n) is 4.60. The minimum Gasteiger partial charge on any atom is -0.480 e. The molecule has 3 rings (SSSR count). The zero-order valence-electron chi connectivity index (χ0n) is 22.5. The number of benzene rings is 1. The molecule has 1 aromatic heterocycles. The van der Waals surface area contributed by atoms with E-state index in [0.29, 0.717) is 26.1 Å². The van der Waals surface area contributed by atoms with E-state index in [1.54, 1.807) is 7.11 Å². The summed E-state index contributed by atoms with van der Waals surface area (Å²) in [4.78, 5) is 32.0. The van der Waals surface area contributed by atoms with Crippen LogP contribution in [0, 0.1) is 0 Å². The van der Waals surface area contributed by atoms with Crippen LogP contribution >= 0.6 is 0 Å². The quantitative estimate of drug-likeness (QED) is 0.314. The number of amides is 1. The van der Waals surface area contributed by atoms with E-state index < -0.39 is 17.4 Å². The van der Waals surface area contributed by atoms with Crippen LogP contribution in [-0.4, -0.2) is 72.8 Å². The van der Waals surface area contributed by atoms with Crippen molar-refractivity contribution in [2.75, 3.05) is 45.2 Å². The summed E-state index contributed by atoms with van der Waals surface area (Å²) in [5, 5.41) is 16.0. The lowest BCUT2D eigenvalue weighted by atomic mass is 9.83. The molecule has 2 aromatic rings. The van der Waals surface area contributed by atoms with Crippen LogP contribution in [0.4, 0.5) is 5.82 Å². The number of anilines is 1. The Balaban J connectivity index is 1.50. The molecule has 0 fully saturated rings. The van der Waals surface area contributed by atoms with Gasteiger partial charge in [0.05, 0.1) is 12.0 Å². The number of carboxylic acid groups (broad SMARTS) is 1. The summed E-state index contributed by atoms with van der Waals surface area (Å²) in [6, 6.07) is 12.8. The number of hydrogen-bond acceptors (Lipinski definition) is 6. The molecule has 2 heterocycles. The van der Waals surface area contributed by atoms with Gasteiger partial charge >= 0.3 is 5.97 Å². The largest absolute Gasteiger partial charge is 0.480 e. The Morgan fingerprint density at radius 1 is 1.14 bits per heavy atom. The Labute approximate surface area is 220 Å². The Morgan fingerprint density at radius 3 is 2.65 bits per heavy atom. The second-order valence-electron chi connectivity index (χ2n) is 10.3. The summed E-state index contributed by atoms with van der Waals surface area (Å²) >= 11 is 0. The number of pyridine rings is 1. The lowest BCUT2D eigenvalue weighted by Crippen LogP contribution is -2.49. The van der Waals surface area contributed by atoms with Gasteiger partial charge in [-0.15, -0.1) is 0 Å². The molecule has 0 saturated carbocycles. The van der Waals surface area contributed by atoms with Gasteiger partial charge in [0.1, 0.15) is 11.9 Å². The van der Waals surface area contributed by atoms with Gasteiger partial charge in [0.25, 0.3) is 0 Å². The van der Waals surface area contributed by atoms with Crippen molar-refractivity contribution in [3.8, 4) is 0 Å². The number of methoxy groups -OCH3 is 1. The van der Waals surface area contributed by atoms with Crippen molar-refractivity contribution in [1.82, 2.24) is 15.2 Å². The summed E-state index contributed by atoms with van der Waals surface area (Å²) in [7, 11) is 1.67. The number of ether oxygens (including phenoxy) is 1. The summed E-state index contributed by atoms with van der Waals surface area (Å²) in [6.07, 6.45) is 5.46. The molecular formula is C29H42N4O4. The molecule has 202 valence electrons. The fraction of sp³-hybridized carbons (Fsp3) is 0.552. The Bertz CT molecular complexity index is 1010. The molecule has 0 saturated heterocycles. The molecule has 3 N–H and O–H groups in total. The average molecular weight is 511 g/mol. The van der Waals surface area contributed by atoms with Crippen LogP contribution in [0.25, 0.3) is 0 Å². The monoisotopic (exact) mass is 510 g/mol. The highest BCUT2D eigenvalue weighted by molar-refractivity contribution is 5.90. The van der Waals surface area contributed by atoms with Gasteiger partial charge in [-0.1, -0.05) is 36.4 Å². The smallest absolute Gasteiger partial charge is 0.326 e. The van der Waals surface area contributed by atoms with Gasteiger partial charge in [-0.2, -0.15) is 0 Å². The molecule has 37 heavy (non-hydrogen) atoms. The third-order valence-electron chi connectivity index (χ3n) is 7.12. The molecule has 0 aliphatic carbocycles. The van der Waals surface area contributed by atoms with E-state index in [1.165, 1.54) is 5.56 Å². The Hall–Kier alpha value is -2.97. The lowest BCUT2D eigenvalue weighted by Gasteiger charge is -2.28. The van der Waals surface area contributed by atoms with Gasteiger partial charge in [0, 0.05) is 32.4 Å². The predicted molar refractivity (Wildman–Crippen MR) is 146 cm³/mol. The Morgan fingerprint density at radius 2 is 1.92 bits per heavy atom. The van der Waals surface area contributed by atoms with Gasteiger partial charge in [-0.25, -0.2) is 9.78 Å². The molecule has 8 nitrogen and oxygen atoms in total. The summed E-state index contributed by atoms with van der Waals surface area (Å²) < 4.78 is 5.27. The number of aryl methyl sites for hydroxylation is 2. The van der Waals surface area contributed by atoms with E-state index in [1.807, 2.05) is 44.2 Å². The molecular weight excluding hydrogens is 468 g/mol. The highest BCUT2D eigenvalue weighted by Crippen LogP contribution is 2.23. The first kappa shape index (κ1) is 28.6. The fourth-order valence-corrected chi connectivity index (χ4v) is 4.60. The van der Waals surface area contributed by atoms with Crippen molar-refractivity contribution < 1.29 is 19.4 Å². The van der Waals surface area contributed by atoms with Crippen molar-refractivity contribution in [3.05, 3.63) is 59.3 Å². The van der Waals surface area contributed by atoms with Crippen LogP contribution in [-0.2, 0) is 32.6 Å². The highest BCUT2D eigenvalue weighted by Gasteiger charge is 2.33. The number of carboxylic acids is 1. The molecule has 1 aliphatic heterocycles. The van der Waals surface area contributed by atoms with Crippen LogP contribution in [0.5, 0.6) is 0 Å². The number of aromatic nitrogens is 1. The third-order valence-corrected chi connectivity index (χ3v) is 7.12. The van der Waals surface area contributed by atoms with Crippen molar-refractivity contribution in [3.63, 3.8) is 0 Å². The van der Waals surface area contributed by atoms with E-state index in [9.17, 15) is 14.7 Å². The third kappa shape index (κ3) is 8.54.